The number of likely N-dealkylation sites (N-methyl/N-ethyl adjacent to an activating group) is 1. The van der Waals surface area contributed by atoms with Gasteiger partial charge in [-0.2, -0.15) is 4.98 Å². The summed E-state index contributed by atoms with van der Waals surface area (Å²) in [6, 6.07) is 6.03. The maximum atomic E-state index is 5.17. The van der Waals surface area contributed by atoms with E-state index in [0.717, 1.165) is 23.0 Å². The fourth-order valence-corrected chi connectivity index (χ4v) is 1.82. The van der Waals surface area contributed by atoms with Gasteiger partial charge in [0.25, 0.3) is 0 Å². The molecule has 1 N–H and O–H groups in total. The van der Waals surface area contributed by atoms with E-state index in [9.17, 15) is 0 Å². The lowest BCUT2D eigenvalue weighted by Crippen LogP contribution is -2.10. The van der Waals surface area contributed by atoms with Crippen molar-refractivity contribution in [3.05, 3.63) is 34.1 Å². The third-order valence-corrected chi connectivity index (χ3v) is 3.34. The van der Waals surface area contributed by atoms with Crippen LogP contribution >= 0.6 is 15.9 Å². The molecule has 1 aromatic heterocycles. The molecule has 0 aliphatic rings. The number of benzene rings is 1. The molecule has 0 amide bonds. The van der Waals surface area contributed by atoms with Crippen LogP contribution in [0.1, 0.15) is 11.5 Å². The summed E-state index contributed by atoms with van der Waals surface area (Å²) in [4.78, 5) is 4.35. The van der Waals surface area contributed by atoms with Gasteiger partial charge < -0.3 is 9.84 Å². The Morgan fingerprint density at radius 1 is 1.41 bits per heavy atom. The van der Waals surface area contributed by atoms with Crippen LogP contribution in [0.4, 0.5) is 0 Å². The molecule has 1 aromatic carbocycles. The Bertz CT molecular complexity index is 510. The molecule has 0 aliphatic heterocycles. The molecule has 0 spiro atoms. The van der Waals surface area contributed by atoms with Crippen molar-refractivity contribution in [3.8, 4) is 11.4 Å². The van der Waals surface area contributed by atoms with Crippen molar-refractivity contribution in [1.82, 2.24) is 15.5 Å². The molecule has 0 unspecified atom stereocenters. The van der Waals surface area contributed by atoms with E-state index in [1.165, 1.54) is 5.56 Å². The molecule has 90 valence electrons. The first-order chi connectivity index (χ1) is 8.20. The van der Waals surface area contributed by atoms with Crippen molar-refractivity contribution in [1.29, 1.82) is 0 Å². The third kappa shape index (κ3) is 2.92. The van der Waals surface area contributed by atoms with E-state index in [2.05, 4.69) is 31.4 Å². The number of halogens is 1. The largest absolute Gasteiger partial charge is 0.339 e. The van der Waals surface area contributed by atoms with Gasteiger partial charge in [0.1, 0.15) is 0 Å². The van der Waals surface area contributed by atoms with Gasteiger partial charge in [-0.05, 0) is 25.6 Å². The lowest BCUT2D eigenvalue weighted by Gasteiger charge is -1.99. The van der Waals surface area contributed by atoms with E-state index in [0.29, 0.717) is 11.7 Å². The van der Waals surface area contributed by atoms with E-state index in [-0.39, 0.29) is 0 Å². The molecule has 4 nitrogen and oxygen atoms in total. The zero-order chi connectivity index (χ0) is 12.3. The summed E-state index contributed by atoms with van der Waals surface area (Å²) in [5, 5.41) is 7.02. The summed E-state index contributed by atoms with van der Waals surface area (Å²) in [5.74, 6) is 1.29. The van der Waals surface area contributed by atoms with Crippen molar-refractivity contribution in [2.45, 2.75) is 13.3 Å². The number of aryl methyl sites for hydroxylation is 1. The number of hydrogen-bond donors (Lipinski definition) is 1. The normalized spacial score (nSPS) is 10.8. The van der Waals surface area contributed by atoms with Crippen molar-refractivity contribution < 1.29 is 4.52 Å². The minimum Gasteiger partial charge on any atom is -0.339 e. The van der Waals surface area contributed by atoms with Crippen LogP contribution in [0.25, 0.3) is 11.4 Å². The van der Waals surface area contributed by atoms with Gasteiger partial charge in [0, 0.05) is 23.0 Å². The van der Waals surface area contributed by atoms with Gasteiger partial charge >= 0.3 is 0 Å². The summed E-state index contributed by atoms with van der Waals surface area (Å²) in [5.41, 5.74) is 2.15. The zero-order valence-electron chi connectivity index (χ0n) is 9.83. The van der Waals surface area contributed by atoms with Crippen LogP contribution in [0.2, 0.25) is 0 Å². The molecule has 0 bridgehead atoms. The number of aromatic nitrogens is 2. The van der Waals surface area contributed by atoms with Crippen molar-refractivity contribution >= 4 is 15.9 Å². The van der Waals surface area contributed by atoms with Gasteiger partial charge in [-0.15, -0.1) is 0 Å². The highest BCUT2D eigenvalue weighted by Gasteiger charge is 2.09. The third-order valence-electron chi connectivity index (χ3n) is 2.49. The van der Waals surface area contributed by atoms with Gasteiger partial charge in [-0.3, -0.25) is 0 Å². The standard InChI is InChI=1S/C12H14BrN3O/c1-8-3-4-9(7-10(8)13)12-15-11(17-16-12)5-6-14-2/h3-4,7,14H,5-6H2,1-2H3. The highest BCUT2D eigenvalue weighted by molar-refractivity contribution is 9.10. The Hall–Kier alpha value is -1.20. The molecule has 2 aromatic rings. The quantitative estimate of drug-likeness (QED) is 0.942. The van der Waals surface area contributed by atoms with E-state index >= 15 is 0 Å². The summed E-state index contributed by atoms with van der Waals surface area (Å²) in [7, 11) is 1.90. The Morgan fingerprint density at radius 2 is 2.24 bits per heavy atom. The van der Waals surface area contributed by atoms with E-state index < -0.39 is 0 Å². The molecule has 0 saturated carbocycles. The van der Waals surface area contributed by atoms with E-state index in [1.807, 2.05) is 32.2 Å². The maximum absolute atomic E-state index is 5.17. The van der Waals surface area contributed by atoms with Crippen molar-refractivity contribution in [2.75, 3.05) is 13.6 Å². The lowest BCUT2D eigenvalue weighted by atomic mass is 10.1. The molecule has 0 fully saturated rings. The molecular formula is C12H14BrN3O. The first kappa shape index (κ1) is 12.3. The van der Waals surface area contributed by atoms with Crippen LogP contribution in [-0.2, 0) is 6.42 Å². The Balaban J connectivity index is 2.21. The molecule has 0 radical (unpaired) electrons. The fourth-order valence-electron chi connectivity index (χ4n) is 1.44. The van der Waals surface area contributed by atoms with Crippen LogP contribution in [0, 0.1) is 6.92 Å². The summed E-state index contributed by atoms with van der Waals surface area (Å²) < 4.78 is 6.23. The van der Waals surface area contributed by atoms with Gasteiger partial charge in [0.15, 0.2) is 0 Å². The minimum absolute atomic E-state index is 0.636. The van der Waals surface area contributed by atoms with Crippen LogP contribution in [0.15, 0.2) is 27.2 Å². The smallest absolute Gasteiger partial charge is 0.228 e. The molecular weight excluding hydrogens is 282 g/mol. The molecule has 1 heterocycles. The molecule has 0 aliphatic carbocycles. The van der Waals surface area contributed by atoms with E-state index in [4.69, 9.17) is 4.52 Å². The second-order valence-electron chi connectivity index (χ2n) is 3.83. The monoisotopic (exact) mass is 295 g/mol. The predicted molar refractivity (Wildman–Crippen MR) is 69.8 cm³/mol. The Labute approximate surface area is 109 Å². The van der Waals surface area contributed by atoms with Gasteiger partial charge in [-0.1, -0.05) is 33.2 Å². The fraction of sp³-hybridized carbons (Fsp3) is 0.333. The number of rotatable bonds is 4. The molecule has 17 heavy (non-hydrogen) atoms. The Morgan fingerprint density at radius 3 is 2.94 bits per heavy atom. The average molecular weight is 296 g/mol. The highest BCUT2D eigenvalue weighted by atomic mass is 79.9. The van der Waals surface area contributed by atoms with Crippen molar-refractivity contribution in [3.63, 3.8) is 0 Å². The first-order valence-corrected chi connectivity index (χ1v) is 6.23. The maximum Gasteiger partial charge on any atom is 0.228 e. The molecule has 2 rings (SSSR count). The minimum atomic E-state index is 0.636. The van der Waals surface area contributed by atoms with Crippen LogP contribution in [0.3, 0.4) is 0 Å². The lowest BCUT2D eigenvalue weighted by molar-refractivity contribution is 0.377. The molecule has 0 saturated heterocycles. The predicted octanol–water partition coefficient (Wildman–Crippen LogP) is 2.57. The topological polar surface area (TPSA) is 51.0 Å². The van der Waals surface area contributed by atoms with Gasteiger partial charge in [-0.25, -0.2) is 0 Å². The number of nitrogens with zero attached hydrogens (tertiary/aromatic N) is 2. The summed E-state index contributed by atoms with van der Waals surface area (Å²) >= 11 is 3.50. The molecule has 0 atom stereocenters. The average Bonchev–Trinajstić information content (AvgIpc) is 2.79. The second kappa shape index (κ2) is 5.42. The highest BCUT2D eigenvalue weighted by Crippen LogP contribution is 2.23. The van der Waals surface area contributed by atoms with Crippen molar-refractivity contribution in [2.24, 2.45) is 0 Å². The zero-order valence-corrected chi connectivity index (χ0v) is 11.4. The van der Waals surface area contributed by atoms with Crippen LogP contribution in [0.5, 0.6) is 0 Å². The Kier molecular flexibility index (Phi) is 3.91. The summed E-state index contributed by atoms with van der Waals surface area (Å²) in [6.45, 7) is 2.88. The summed E-state index contributed by atoms with van der Waals surface area (Å²) in [6.07, 6.45) is 0.747. The van der Waals surface area contributed by atoms with Gasteiger partial charge in [0.05, 0.1) is 0 Å². The first-order valence-electron chi connectivity index (χ1n) is 5.44. The second-order valence-corrected chi connectivity index (χ2v) is 4.68. The van der Waals surface area contributed by atoms with Crippen LogP contribution < -0.4 is 5.32 Å². The van der Waals surface area contributed by atoms with Crippen LogP contribution in [-0.4, -0.2) is 23.7 Å². The number of nitrogens with one attached hydrogen (secondary N) is 1. The van der Waals surface area contributed by atoms with E-state index in [1.54, 1.807) is 0 Å². The number of hydrogen-bond acceptors (Lipinski definition) is 4. The molecule has 5 heteroatoms. The van der Waals surface area contributed by atoms with Gasteiger partial charge in [0.2, 0.25) is 11.7 Å². The SMILES string of the molecule is CNCCc1nc(-c2ccc(C)c(Br)c2)no1.